The molecule has 0 saturated carbocycles. The highest BCUT2D eigenvalue weighted by Crippen LogP contribution is 2.12. The fraction of sp³-hybridized carbons (Fsp3) is 0.455. The second-order valence-electron chi connectivity index (χ2n) is 3.35. The first-order valence-corrected chi connectivity index (χ1v) is 5.67. The number of aromatic nitrogens is 1. The quantitative estimate of drug-likeness (QED) is 0.740. The number of nitrogens with zero attached hydrogens (tertiary/aromatic N) is 1. The Morgan fingerprint density at radius 1 is 1.56 bits per heavy atom. The van der Waals surface area contributed by atoms with E-state index >= 15 is 0 Å². The molecule has 5 heteroatoms. The number of amides is 1. The predicted molar refractivity (Wildman–Crippen MR) is 64.3 cm³/mol. The summed E-state index contributed by atoms with van der Waals surface area (Å²) in [4.78, 5) is 15.0. The van der Waals surface area contributed by atoms with Gasteiger partial charge in [0, 0.05) is 38.4 Å². The molecule has 1 rings (SSSR count). The minimum absolute atomic E-state index is 0.0656. The van der Waals surface area contributed by atoms with Crippen LogP contribution in [0.3, 0.4) is 0 Å². The zero-order valence-electron chi connectivity index (χ0n) is 9.29. The van der Waals surface area contributed by atoms with Crippen LogP contribution in [0.4, 0.5) is 0 Å². The molecule has 2 N–H and O–H groups in total. The van der Waals surface area contributed by atoms with E-state index in [1.807, 2.05) is 13.0 Å². The van der Waals surface area contributed by atoms with Gasteiger partial charge in [-0.3, -0.25) is 9.78 Å². The van der Waals surface area contributed by atoms with Crippen LogP contribution in [0.5, 0.6) is 0 Å². The Morgan fingerprint density at radius 3 is 3.06 bits per heavy atom. The maximum atomic E-state index is 11.1. The molecule has 0 spiro atoms. The number of rotatable bonds is 6. The van der Waals surface area contributed by atoms with Crippen molar-refractivity contribution >= 4 is 17.5 Å². The first kappa shape index (κ1) is 12.9. The van der Waals surface area contributed by atoms with E-state index in [1.165, 1.54) is 0 Å². The van der Waals surface area contributed by atoms with Crippen molar-refractivity contribution in [1.82, 2.24) is 15.6 Å². The van der Waals surface area contributed by atoms with E-state index in [2.05, 4.69) is 15.6 Å². The van der Waals surface area contributed by atoms with Gasteiger partial charge in [-0.05, 0) is 18.6 Å². The molecular weight excluding hydrogens is 226 g/mol. The Hall–Kier alpha value is -1.13. The van der Waals surface area contributed by atoms with Crippen LogP contribution in [0.2, 0.25) is 5.02 Å². The van der Waals surface area contributed by atoms with E-state index < -0.39 is 0 Å². The number of halogens is 1. The Bertz CT molecular complexity index is 344. The van der Waals surface area contributed by atoms with E-state index in [1.54, 1.807) is 12.4 Å². The first-order chi connectivity index (χ1) is 7.74. The van der Waals surface area contributed by atoms with Gasteiger partial charge >= 0.3 is 0 Å². The van der Waals surface area contributed by atoms with Crippen molar-refractivity contribution in [3.63, 3.8) is 0 Å². The molecule has 1 heterocycles. The molecule has 0 unspecified atom stereocenters. The topological polar surface area (TPSA) is 54.0 Å². The summed E-state index contributed by atoms with van der Waals surface area (Å²) in [6.45, 7) is 3.88. The average molecular weight is 242 g/mol. The maximum absolute atomic E-state index is 11.1. The Balaban J connectivity index is 2.21. The number of hydrogen-bond acceptors (Lipinski definition) is 3. The Morgan fingerprint density at radius 2 is 2.38 bits per heavy atom. The zero-order valence-corrected chi connectivity index (χ0v) is 10.0. The van der Waals surface area contributed by atoms with Crippen molar-refractivity contribution in [1.29, 1.82) is 0 Å². The molecule has 0 fully saturated rings. The molecule has 0 aromatic carbocycles. The van der Waals surface area contributed by atoms with Crippen molar-refractivity contribution in [3.8, 4) is 0 Å². The minimum atomic E-state index is 0.0656. The summed E-state index contributed by atoms with van der Waals surface area (Å²) in [5.41, 5.74) is 0.993. The molecule has 0 aliphatic rings. The SMILES string of the molecule is CCNC(=O)CCNCc1ccncc1Cl. The summed E-state index contributed by atoms with van der Waals surface area (Å²) in [6, 6.07) is 1.86. The van der Waals surface area contributed by atoms with Gasteiger partial charge in [-0.1, -0.05) is 11.6 Å². The highest BCUT2D eigenvalue weighted by molar-refractivity contribution is 6.31. The van der Waals surface area contributed by atoms with E-state index in [0.29, 0.717) is 31.1 Å². The van der Waals surface area contributed by atoms with Gasteiger partial charge in [-0.25, -0.2) is 0 Å². The summed E-state index contributed by atoms with van der Waals surface area (Å²) in [5, 5.41) is 6.55. The van der Waals surface area contributed by atoms with Gasteiger partial charge in [0.05, 0.1) is 5.02 Å². The van der Waals surface area contributed by atoms with E-state index in [4.69, 9.17) is 11.6 Å². The predicted octanol–water partition coefficient (Wildman–Crippen LogP) is 1.35. The maximum Gasteiger partial charge on any atom is 0.221 e. The molecule has 0 saturated heterocycles. The number of carbonyl (C=O) groups excluding carboxylic acids is 1. The largest absolute Gasteiger partial charge is 0.356 e. The molecule has 88 valence electrons. The molecule has 0 radical (unpaired) electrons. The lowest BCUT2D eigenvalue weighted by Gasteiger charge is -2.06. The molecular formula is C11H16ClN3O. The first-order valence-electron chi connectivity index (χ1n) is 5.30. The summed E-state index contributed by atoms with van der Waals surface area (Å²) in [6.07, 6.45) is 3.80. The second-order valence-corrected chi connectivity index (χ2v) is 3.75. The third-order valence-corrected chi connectivity index (χ3v) is 2.41. The summed E-state index contributed by atoms with van der Waals surface area (Å²) >= 11 is 5.93. The van der Waals surface area contributed by atoms with Gasteiger partial charge in [0.2, 0.25) is 5.91 Å². The van der Waals surface area contributed by atoms with Crippen molar-refractivity contribution in [3.05, 3.63) is 29.0 Å². The molecule has 0 aliphatic heterocycles. The van der Waals surface area contributed by atoms with Crippen molar-refractivity contribution in [2.45, 2.75) is 19.9 Å². The standard InChI is InChI=1S/C11H16ClN3O/c1-2-15-11(16)4-6-13-7-9-3-5-14-8-10(9)12/h3,5,8,13H,2,4,6-7H2,1H3,(H,15,16). The Labute approximate surface area is 100 Å². The van der Waals surface area contributed by atoms with Gasteiger partial charge in [-0.15, -0.1) is 0 Å². The molecule has 1 amide bonds. The lowest BCUT2D eigenvalue weighted by Crippen LogP contribution is -2.27. The second kappa shape index (κ2) is 7.19. The van der Waals surface area contributed by atoms with E-state index in [9.17, 15) is 4.79 Å². The lowest BCUT2D eigenvalue weighted by molar-refractivity contribution is -0.120. The molecule has 1 aromatic rings. The monoisotopic (exact) mass is 241 g/mol. The normalized spacial score (nSPS) is 10.1. The van der Waals surface area contributed by atoms with Crippen LogP contribution in [0.1, 0.15) is 18.9 Å². The number of pyridine rings is 1. The van der Waals surface area contributed by atoms with Gasteiger partial charge in [-0.2, -0.15) is 0 Å². The number of hydrogen-bond donors (Lipinski definition) is 2. The van der Waals surface area contributed by atoms with Gasteiger partial charge in [0.15, 0.2) is 0 Å². The summed E-state index contributed by atoms with van der Waals surface area (Å²) in [5.74, 6) is 0.0656. The fourth-order valence-corrected chi connectivity index (χ4v) is 1.44. The molecule has 0 bridgehead atoms. The van der Waals surface area contributed by atoms with Crippen LogP contribution < -0.4 is 10.6 Å². The van der Waals surface area contributed by atoms with Crippen LogP contribution in [0.15, 0.2) is 18.5 Å². The lowest BCUT2D eigenvalue weighted by atomic mass is 10.2. The van der Waals surface area contributed by atoms with Gasteiger partial charge in [0.1, 0.15) is 0 Å². The smallest absolute Gasteiger partial charge is 0.221 e. The fourth-order valence-electron chi connectivity index (χ4n) is 1.26. The molecule has 0 atom stereocenters. The molecule has 4 nitrogen and oxygen atoms in total. The zero-order chi connectivity index (χ0) is 11.8. The number of carbonyl (C=O) groups is 1. The highest BCUT2D eigenvalue weighted by atomic mass is 35.5. The van der Waals surface area contributed by atoms with E-state index in [-0.39, 0.29) is 5.91 Å². The van der Waals surface area contributed by atoms with Crippen LogP contribution >= 0.6 is 11.6 Å². The molecule has 0 aliphatic carbocycles. The third-order valence-electron chi connectivity index (χ3n) is 2.07. The molecule has 16 heavy (non-hydrogen) atoms. The van der Waals surface area contributed by atoms with Gasteiger partial charge in [0.25, 0.3) is 0 Å². The Kier molecular flexibility index (Phi) is 5.82. The van der Waals surface area contributed by atoms with Crippen LogP contribution in [-0.4, -0.2) is 24.0 Å². The third kappa shape index (κ3) is 4.59. The van der Waals surface area contributed by atoms with Crippen molar-refractivity contribution < 1.29 is 4.79 Å². The van der Waals surface area contributed by atoms with Crippen LogP contribution in [0, 0.1) is 0 Å². The highest BCUT2D eigenvalue weighted by Gasteiger charge is 2.00. The van der Waals surface area contributed by atoms with Crippen molar-refractivity contribution in [2.75, 3.05) is 13.1 Å². The summed E-state index contributed by atoms with van der Waals surface area (Å²) < 4.78 is 0. The van der Waals surface area contributed by atoms with E-state index in [0.717, 1.165) is 5.56 Å². The van der Waals surface area contributed by atoms with Crippen LogP contribution in [-0.2, 0) is 11.3 Å². The minimum Gasteiger partial charge on any atom is -0.356 e. The molecule has 1 aromatic heterocycles. The number of nitrogens with one attached hydrogen (secondary N) is 2. The summed E-state index contributed by atoms with van der Waals surface area (Å²) in [7, 11) is 0. The average Bonchev–Trinajstić information content (AvgIpc) is 2.27. The van der Waals surface area contributed by atoms with Crippen molar-refractivity contribution in [2.24, 2.45) is 0 Å². The van der Waals surface area contributed by atoms with Gasteiger partial charge < -0.3 is 10.6 Å². The van der Waals surface area contributed by atoms with Crippen LogP contribution in [0.25, 0.3) is 0 Å².